The smallest absolute Gasteiger partial charge is 0.227 e. The van der Waals surface area contributed by atoms with Crippen LogP contribution in [0.2, 0.25) is 5.02 Å². The molecule has 0 aliphatic carbocycles. The fraction of sp³-hybridized carbons (Fsp3) is 0.261. The summed E-state index contributed by atoms with van der Waals surface area (Å²) in [6.07, 6.45) is 5.18. The van der Waals surface area contributed by atoms with Gasteiger partial charge < -0.3 is 19.7 Å². The Morgan fingerprint density at radius 1 is 1.00 bits per heavy atom. The number of aromatic nitrogens is 4. The molecule has 0 amide bonds. The molecule has 1 radical (unpaired) electrons. The average molecular weight is 465 g/mol. The predicted octanol–water partition coefficient (Wildman–Crippen LogP) is 3.63. The second-order valence-corrected chi connectivity index (χ2v) is 7.88. The molecule has 4 heterocycles. The minimum Gasteiger partial charge on any atom is -0.494 e. The molecule has 169 valence electrons. The molecular formula is C23H23ClN7O2. The Hall–Kier alpha value is -3.56. The van der Waals surface area contributed by atoms with Gasteiger partial charge in [0.1, 0.15) is 11.4 Å². The van der Waals surface area contributed by atoms with Gasteiger partial charge in [0.05, 0.1) is 43.0 Å². The molecule has 1 saturated heterocycles. The molecule has 5 rings (SSSR count). The number of pyridine rings is 1. The van der Waals surface area contributed by atoms with Crippen LogP contribution < -0.4 is 25.0 Å². The summed E-state index contributed by atoms with van der Waals surface area (Å²) >= 11 is 6.47. The molecule has 1 fully saturated rings. The molecule has 1 aromatic carbocycles. The maximum Gasteiger partial charge on any atom is 0.227 e. The van der Waals surface area contributed by atoms with Gasteiger partial charge in [0.2, 0.25) is 5.95 Å². The Bertz CT molecular complexity index is 1290. The molecular weight excluding hydrogens is 442 g/mol. The van der Waals surface area contributed by atoms with Crippen molar-refractivity contribution in [2.24, 2.45) is 0 Å². The molecule has 0 atom stereocenters. The van der Waals surface area contributed by atoms with Gasteiger partial charge >= 0.3 is 0 Å². The highest BCUT2D eigenvalue weighted by Gasteiger charge is 2.17. The lowest BCUT2D eigenvalue weighted by atomic mass is 10.2. The third-order valence-corrected chi connectivity index (χ3v) is 5.84. The Labute approximate surface area is 196 Å². The van der Waals surface area contributed by atoms with E-state index in [0.717, 1.165) is 43.2 Å². The number of methoxy groups -OCH3 is 2. The van der Waals surface area contributed by atoms with Crippen molar-refractivity contribution in [3.05, 3.63) is 53.9 Å². The molecule has 0 bridgehead atoms. The maximum atomic E-state index is 6.47. The number of piperazine rings is 1. The van der Waals surface area contributed by atoms with Gasteiger partial charge in [-0.15, -0.1) is 0 Å². The number of halogens is 1. The lowest BCUT2D eigenvalue weighted by Crippen LogP contribution is -2.40. The van der Waals surface area contributed by atoms with Crippen molar-refractivity contribution < 1.29 is 9.47 Å². The van der Waals surface area contributed by atoms with E-state index in [1.807, 2.05) is 34.9 Å². The maximum absolute atomic E-state index is 6.47. The van der Waals surface area contributed by atoms with Gasteiger partial charge in [-0.25, -0.2) is 20.3 Å². The van der Waals surface area contributed by atoms with Crippen molar-refractivity contribution in [2.45, 2.75) is 0 Å². The summed E-state index contributed by atoms with van der Waals surface area (Å²) in [5.41, 5.74) is 3.84. The number of hydrogen-bond acceptors (Lipinski definition) is 7. The van der Waals surface area contributed by atoms with E-state index in [-0.39, 0.29) is 0 Å². The third kappa shape index (κ3) is 4.12. The standard InChI is InChI=1S/C23H23ClN7O2/c1-32-19-4-3-9-31-18(14-26-22(19)31)21-16(24)13-27-23(29-21)28-17-6-5-15(12-20(17)33-2)30-10-7-25-8-11-30/h3-6,9,12-14H,7-8,10-11H2,1-2H3,(H,27,28,29). The van der Waals surface area contributed by atoms with Gasteiger partial charge in [-0.2, -0.15) is 0 Å². The van der Waals surface area contributed by atoms with Crippen molar-refractivity contribution in [2.75, 3.05) is 50.6 Å². The molecule has 3 aromatic heterocycles. The zero-order chi connectivity index (χ0) is 22.8. The summed E-state index contributed by atoms with van der Waals surface area (Å²) in [6.45, 7) is 3.51. The van der Waals surface area contributed by atoms with E-state index >= 15 is 0 Å². The highest BCUT2D eigenvalue weighted by Crippen LogP contribution is 2.33. The summed E-state index contributed by atoms with van der Waals surface area (Å²) in [7, 11) is 3.26. The van der Waals surface area contributed by atoms with Gasteiger partial charge in [0.15, 0.2) is 11.4 Å². The molecule has 0 unspecified atom stereocenters. The monoisotopic (exact) mass is 464 g/mol. The van der Waals surface area contributed by atoms with Crippen LogP contribution in [-0.4, -0.2) is 59.8 Å². The summed E-state index contributed by atoms with van der Waals surface area (Å²) in [6, 6.07) is 9.78. The minimum absolute atomic E-state index is 0.398. The third-order valence-electron chi connectivity index (χ3n) is 5.56. The number of nitrogens with one attached hydrogen (secondary N) is 1. The van der Waals surface area contributed by atoms with Crippen molar-refractivity contribution in [1.29, 1.82) is 0 Å². The SMILES string of the molecule is COc1cc(N2CC[N]CC2)ccc1Nc1ncc(Cl)c(-c2cnc3c(OC)cccn23)n1. The second-order valence-electron chi connectivity index (χ2n) is 7.47. The van der Waals surface area contributed by atoms with E-state index < -0.39 is 0 Å². The van der Waals surface area contributed by atoms with Crippen LogP contribution in [0.3, 0.4) is 0 Å². The molecule has 1 aliphatic rings. The van der Waals surface area contributed by atoms with E-state index in [0.29, 0.717) is 33.8 Å². The van der Waals surface area contributed by atoms with E-state index in [9.17, 15) is 0 Å². The average Bonchev–Trinajstić information content (AvgIpc) is 3.30. The summed E-state index contributed by atoms with van der Waals surface area (Å²) in [5, 5.41) is 8.08. The van der Waals surface area contributed by atoms with Gasteiger partial charge in [-0.1, -0.05) is 11.6 Å². The fourth-order valence-corrected chi connectivity index (χ4v) is 4.08. The van der Waals surface area contributed by atoms with E-state index in [4.69, 9.17) is 21.1 Å². The van der Waals surface area contributed by atoms with Crippen LogP contribution in [0.1, 0.15) is 0 Å². The van der Waals surface area contributed by atoms with Crippen molar-refractivity contribution in [3.8, 4) is 22.9 Å². The van der Waals surface area contributed by atoms with Gasteiger partial charge in [-0.05, 0) is 24.3 Å². The molecule has 1 aliphatic heterocycles. The Balaban J connectivity index is 1.47. The van der Waals surface area contributed by atoms with E-state index in [2.05, 4.69) is 36.6 Å². The fourth-order valence-electron chi connectivity index (χ4n) is 3.89. The van der Waals surface area contributed by atoms with Crippen molar-refractivity contribution >= 4 is 34.6 Å². The number of nitrogens with zero attached hydrogens (tertiary/aromatic N) is 6. The lowest BCUT2D eigenvalue weighted by molar-refractivity contribution is 0.416. The van der Waals surface area contributed by atoms with E-state index in [1.165, 1.54) is 0 Å². The number of benzene rings is 1. The topological polar surface area (TPSA) is 90.9 Å². The van der Waals surface area contributed by atoms with Crippen LogP contribution in [0.25, 0.3) is 17.0 Å². The molecule has 4 aromatic rings. The lowest BCUT2D eigenvalue weighted by Gasteiger charge is -2.29. The number of hydrogen-bond donors (Lipinski definition) is 1. The molecule has 1 N–H and O–H groups in total. The largest absolute Gasteiger partial charge is 0.494 e. The Morgan fingerprint density at radius 2 is 1.82 bits per heavy atom. The first kappa shape index (κ1) is 21.3. The first-order chi connectivity index (χ1) is 16.2. The van der Waals surface area contributed by atoms with E-state index in [1.54, 1.807) is 26.6 Å². The zero-order valence-electron chi connectivity index (χ0n) is 18.3. The van der Waals surface area contributed by atoms with Gasteiger partial charge in [-0.3, -0.25) is 4.40 Å². The van der Waals surface area contributed by atoms with Crippen LogP contribution in [0.15, 0.2) is 48.9 Å². The van der Waals surface area contributed by atoms with Crippen LogP contribution in [-0.2, 0) is 0 Å². The molecule has 0 spiro atoms. The van der Waals surface area contributed by atoms with Crippen molar-refractivity contribution in [1.82, 2.24) is 24.7 Å². The first-order valence-electron chi connectivity index (χ1n) is 10.5. The molecule has 0 saturated carbocycles. The number of fused-ring (bicyclic) bond motifs is 1. The van der Waals surface area contributed by atoms with Crippen LogP contribution in [0.5, 0.6) is 11.5 Å². The number of anilines is 3. The van der Waals surface area contributed by atoms with Crippen LogP contribution in [0, 0.1) is 0 Å². The minimum atomic E-state index is 0.398. The molecule has 9 nitrogen and oxygen atoms in total. The number of rotatable bonds is 6. The normalized spacial score (nSPS) is 13.8. The van der Waals surface area contributed by atoms with Crippen LogP contribution in [0.4, 0.5) is 17.3 Å². The highest BCUT2D eigenvalue weighted by atomic mass is 35.5. The van der Waals surface area contributed by atoms with Gasteiger partial charge in [0.25, 0.3) is 0 Å². The summed E-state index contributed by atoms with van der Waals surface area (Å²) < 4.78 is 12.9. The Kier molecular flexibility index (Phi) is 5.89. The Morgan fingerprint density at radius 3 is 2.61 bits per heavy atom. The first-order valence-corrected chi connectivity index (χ1v) is 10.9. The molecule has 33 heavy (non-hydrogen) atoms. The molecule has 10 heteroatoms. The summed E-state index contributed by atoms with van der Waals surface area (Å²) in [4.78, 5) is 15.8. The number of imidazole rings is 1. The quantitative estimate of drug-likeness (QED) is 0.466. The predicted molar refractivity (Wildman–Crippen MR) is 128 cm³/mol. The zero-order valence-corrected chi connectivity index (χ0v) is 19.1. The summed E-state index contributed by atoms with van der Waals surface area (Å²) in [5.74, 6) is 1.77. The van der Waals surface area contributed by atoms with Crippen LogP contribution >= 0.6 is 11.6 Å². The second kappa shape index (κ2) is 9.13. The number of ether oxygens (including phenoxy) is 2. The van der Waals surface area contributed by atoms with Gasteiger partial charge in [0, 0.05) is 44.1 Å². The van der Waals surface area contributed by atoms with Crippen molar-refractivity contribution in [3.63, 3.8) is 0 Å². The highest BCUT2D eigenvalue weighted by molar-refractivity contribution is 6.32.